The van der Waals surface area contributed by atoms with Crippen molar-refractivity contribution < 1.29 is 14.3 Å². The standard InChI is InChI=1S/C21H23N3O3/c1-15(2)11-12-26-14-16-7-6-10-18(13-16)23-24-19-21(25)27-20(22-19)17-8-4-3-5-9-17/h3-10,13,15,23H,11-12,14H2,1-2H3/b24-19+. The zero-order valence-electron chi connectivity index (χ0n) is 15.5. The lowest BCUT2D eigenvalue weighted by Gasteiger charge is -2.08. The van der Waals surface area contributed by atoms with Crippen molar-refractivity contribution in [2.75, 3.05) is 12.0 Å². The van der Waals surface area contributed by atoms with Crippen LogP contribution in [0, 0.1) is 5.92 Å². The molecule has 6 nitrogen and oxygen atoms in total. The number of nitrogens with zero attached hydrogens (tertiary/aromatic N) is 2. The largest absolute Gasteiger partial charge is 0.401 e. The predicted molar refractivity (Wildman–Crippen MR) is 106 cm³/mol. The van der Waals surface area contributed by atoms with Gasteiger partial charge in [0.25, 0.3) is 5.84 Å². The fourth-order valence-corrected chi connectivity index (χ4v) is 2.43. The molecule has 0 atom stereocenters. The maximum atomic E-state index is 11.9. The average Bonchev–Trinajstić information content (AvgIpc) is 3.05. The van der Waals surface area contributed by atoms with Crippen LogP contribution in [-0.2, 0) is 20.9 Å². The van der Waals surface area contributed by atoms with E-state index in [2.05, 4.69) is 29.4 Å². The second-order valence-electron chi connectivity index (χ2n) is 6.66. The number of amidine groups is 1. The molecule has 1 N–H and O–H groups in total. The number of carbonyl (C=O) groups is 1. The van der Waals surface area contributed by atoms with Crippen LogP contribution in [0.1, 0.15) is 31.4 Å². The van der Waals surface area contributed by atoms with Gasteiger partial charge >= 0.3 is 5.97 Å². The molecule has 1 aliphatic rings. The summed E-state index contributed by atoms with van der Waals surface area (Å²) in [6.45, 7) is 5.62. The van der Waals surface area contributed by atoms with Crippen LogP contribution in [0.3, 0.4) is 0 Å². The lowest BCUT2D eigenvalue weighted by atomic mass is 10.1. The van der Waals surface area contributed by atoms with Gasteiger partial charge in [0.2, 0.25) is 5.90 Å². The number of hydrogen-bond acceptors (Lipinski definition) is 5. The predicted octanol–water partition coefficient (Wildman–Crippen LogP) is 3.98. The number of esters is 1. The van der Waals surface area contributed by atoms with Crippen molar-refractivity contribution >= 4 is 23.4 Å². The van der Waals surface area contributed by atoms with Crippen LogP contribution in [-0.4, -0.2) is 24.3 Å². The van der Waals surface area contributed by atoms with Crippen LogP contribution in [0.15, 0.2) is 64.7 Å². The number of hydrazone groups is 1. The second-order valence-corrected chi connectivity index (χ2v) is 6.66. The summed E-state index contributed by atoms with van der Waals surface area (Å²) in [5.41, 5.74) is 5.38. The first-order chi connectivity index (χ1) is 13.1. The molecule has 2 aromatic rings. The molecule has 0 saturated carbocycles. The number of nitrogens with one attached hydrogen (secondary N) is 1. The molecule has 140 valence electrons. The highest BCUT2D eigenvalue weighted by molar-refractivity contribution is 6.43. The van der Waals surface area contributed by atoms with E-state index in [0.717, 1.165) is 29.8 Å². The number of anilines is 1. The molecule has 0 spiro atoms. The van der Waals surface area contributed by atoms with Gasteiger partial charge in [0.1, 0.15) is 0 Å². The summed E-state index contributed by atoms with van der Waals surface area (Å²) in [7, 11) is 0. The Morgan fingerprint density at radius 2 is 1.96 bits per heavy atom. The number of ether oxygens (including phenoxy) is 2. The molecule has 1 heterocycles. The summed E-state index contributed by atoms with van der Waals surface area (Å²) in [5.74, 6) is 0.303. The summed E-state index contributed by atoms with van der Waals surface area (Å²) in [6.07, 6.45) is 1.04. The van der Waals surface area contributed by atoms with Gasteiger partial charge in [-0.2, -0.15) is 4.99 Å². The molecule has 1 aliphatic heterocycles. The van der Waals surface area contributed by atoms with Gasteiger partial charge < -0.3 is 9.47 Å². The van der Waals surface area contributed by atoms with Crippen molar-refractivity contribution in [3.63, 3.8) is 0 Å². The van der Waals surface area contributed by atoms with E-state index in [1.165, 1.54) is 0 Å². The van der Waals surface area contributed by atoms with Crippen LogP contribution in [0.5, 0.6) is 0 Å². The number of aliphatic imine (C=N–C) groups is 1. The lowest BCUT2D eigenvalue weighted by Crippen LogP contribution is -2.11. The third-order valence-corrected chi connectivity index (χ3v) is 3.93. The van der Waals surface area contributed by atoms with Crippen molar-refractivity contribution in [1.29, 1.82) is 0 Å². The summed E-state index contributed by atoms with van der Waals surface area (Å²) < 4.78 is 10.9. The minimum atomic E-state index is -0.575. The average molecular weight is 365 g/mol. The summed E-state index contributed by atoms with van der Waals surface area (Å²) >= 11 is 0. The second kappa shape index (κ2) is 9.09. The Kier molecular flexibility index (Phi) is 6.33. The molecule has 0 aromatic heterocycles. The van der Waals surface area contributed by atoms with Gasteiger partial charge in [-0.25, -0.2) is 4.79 Å². The summed E-state index contributed by atoms with van der Waals surface area (Å²) in [4.78, 5) is 16.1. The Morgan fingerprint density at radius 3 is 2.74 bits per heavy atom. The zero-order valence-corrected chi connectivity index (χ0v) is 15.5. The minimum absolute atomic E-state index is 0.00700. The number of rotatable bonds is 8. The molecule has 0 radical (unpaired) electrons. The highest BCUT2D eigenvalue weighted by Crippen LogP contribution is 2.14. The van der Waals surface area contributed by atoms with Crippen molar-refractivity contribution in [1.82, 2.24) is 0 Å². The third kappa shape index (κ3) is 5.49. The molecule has 0 saturated heterocycles. The van der Waals surface area contributed by atoms with Crippen LogP contribution in [0.2, 0.25) is 0 Å². The van der Waals surface area contributed by atoms with Crippen molar-refractivity contribution in [2.24, 2.45) is 16.0 Å². The van der Waals surface area contributed by atoms with Gasteiger partial charge in [-0.05, 0) is 42.2 Å². The molecule has 3 rings (SSSR count). The Balaban J connectivity index is 1.61. The quantitative estimate of drug-likeness (QED) is 0.436. The van der Waals surface area contributed by atoms with E-state index in [1.54, 1.807) is 0 Å². The van der Waals surface area contributed by atoms with Gasteiger partial charge in [0, 0.05) is 12.2 Å². The summed E-state index contributed by atoms with van der Waals surface area (Å²) in [6, 6.07) is 16.9. The van der Waals surface area contributed by atoms with E-state index >= 15 is 0 Å². The van der Waals surface area contributed by atoms with Crippen LogP contribution in [0.4, 0.5) is 5.69 Å². The van der Waals surface area contributed by atoms with Crippen molar-refractivity contribution in [3.05, 3.63) is 65.7 Å². The molecule has 0 fully saturated rings. The highest BCUT2D eigenvalue weighted by atomic mass is 16.6. The van der Waals surface area contributed by atoms with Gasteiger partial charge in [0.15, 0.2) is 0 Å². The monoisotopic (exact) mass is 365 g/mol. The first-order valence-electron chi connectivity index (χ1n) is 8.98. The van der Waals surface area contributed by atoms with Gasteiger partial charge in [0.05, 0.1) is 12.3 Å². The smallest absolute Gasteiger partial charge is 0.385 e. The van der Waals surface area contributed by atoms with E-state index in [4.69, 9.17) is 9.47 Å². The Morgan fingerprint density at radius 1 is 1.15 bits per heavy atom. The van der Waals surface area contributed by atoms with Crippen molar-refractivity contribution in [2.45, 2.75) is 26.9 Å². The van der Waals surface area contributed by atoms with Crippen LogP contribution < -0.4 is 5.43 Å². The maximum absolute atomic E-state index is 11.9. The number of carbonyl (C=O) groups excluding carboxylic acids is 1. The van der Waals surface area contributed by atoms with E-state index in [0.29, 0.717) is 12.5 Å². The SMILES string of the molecule is CC(C)CCOCc1cccc(N/N=C2/N=C(c3ccccc3)OC2=O)c1. The molecule has 2 aromatic carbocycles. The molecule has 0 unspecified atom stereocenters. The highest BCUT2D eigenvalue weighted by Gasteiger charge is 2.25. The van der Waals surface area contributed by atoms with Crippen LogP contribution in [0.25, 0.3) is 0 Å². The van der Waals surface area contributed by atoms with E-state index in [1.807, 2.05) is 54.6 Å². The topological polar surface area (TPSA) is 72.3 Å². The molecule has 27 heavy (non-hydrogen) atoms. The molecule has 0 bridgehead atoms. The van der Waals surface area contributed by atoms with E-state index in [9.17, 15) is 4.79 Å². The van der Waals surface area contributed by atoms with Crippen LogP contribution >= 0.6 is 0 Å². The summed E-state index contributed by atoms with van der Waals surface area (Å²) in [5, 5.41) is 4.07. The third-order valence-electron chi connectivity index (χ3n) is 3.93. The number of benzene rings is 2. The maximum Gasteiger partial charge on any atom is 0.385 e. The first-order valence-corrected chi connectivity index (χ1v) is 8.98. The fraction of sp³-hybridized carbons (Fsp3) is 0.286. The lowest BCUT2D eigenvalue weighted by molar-refractivity contribution is -0.127. The molecule has 0 aliphatic carbocycles. The molecule has 0 amide bonds. The van der Waals surface area contributed by atoms with Gasteiger partial charge in [-0.1, -0.05) is 44.2 Å². The molecule has 6 heteroatoms. The first kappa shape index (κ1) is 18.8. The molecular weight excluding hydrogens is 342 g/mol. The zero-order chi connectivity index (χ0) is 19.1. The number of hydrogen-bond donors (Lipinski definition) is 1. The van der Waals surface area contributed by atoms with Gasteiger partial charge in [-0.3, -0.25) is 5.43 Å². The Hall–Kier alpha value is -2.99. The van der Waals surface area contributed by atoms with Crippen molar-refractivity contribution in [3.8, 4) is 0 Å². The number of cyclic esters (lactones) is 1. The normalized spacial score (nSPS) is 15.1. The Bertz CT molecular complexity index is 845. The van der Waals surface area contributed by atoms with Gasteiger partial charge in [-0.15, -0.1) is 5.10 Å². The van der Waals surface area contributed by atoms with E-state index in [-0.39, 0.29) is 11.7 Å². The minimum Gasteiger partial charge on any atom is -0.401 e. The molecular formula is C21H23N3O3. The van der Waals surface area contributed by atoms with E-state index < -0.39 is 5.97 Å². The fourth-order valence-electron chi connectivity index (χ4n) is 2.43. The Labute approximate surface area is 158 Å².